The number of carbonyl (C=O) groups is 2. The number of alkyl halides is 2. The molecule has 0 unspecified atom stereocenters. The van der Waals surface area contributed by atoms with Crippen LogP contribution in [0.4, 0.5) is 23.2 Å². The average molecular weight is 543 g/mol. The number of anilines is 1. The lowest BCUT2D eigenvalue weighted by Gasteiger charge is -2.20. The van der Waals surface area contributed by atoms with Crippen molar-refractivity contribution in [3.05, 3.63) is 83.3 Å². The number of nitrogens with zero attached hydrogens (tertiary/aromatic N) is 4. The number of aromatic nitrogens is 3. The average Bonchev–Trinajstić information content (AvgIpc) is 3.43. The van der Waals surface area contributed by atoms with Crippen molar-refractivity contribution in [1.29, 1.82) is 0 Å². The van der Waals surface area contributed by atoms with Crippen molar-refractivity contribution in [1.82, 2.24) is 19.9 Å². The van der Waals surface area contributed by atoms with Crippen molar-refractivity contribution >= 4 is 23.1 Å². The number of pyridine rings is 1. The standard InChI is InChI=1S/C26H21F4N5O4/c1-13-32-33-23-20(4-3-9-34(13)23)35-12-17(21-18(27)10-16(38-2)11-19(21)28)22(25(35)37)31-24(36)14-5-7-15(8-6-14)39-26(29)30/h3-11,17,22,26H,12H2,1-2H3,(H,31,36)/t17-,22-/m0/s1. The molecule has 1 fully saturated rings. The molecule has 0 bridgehead atoms. The summed E-state index contributed by atoms with van der Waals surface area (Å²) in [6, 6.07) is 8.69. The lowest BCUT2D eigenvalue weighted by molar-refractivity contribution is -0.118. The Morgan fingerprint density at radius 3 is 2.41 bits per heavy atom. The first-order valence-corrected chi connectivity index (χ1v) is 11.7. The van der Waals surface area contributed by atoms with Crippen LogP contribution in [0.15, 0.2) is 54.7 Å². The third-order valence-electron chi connectivity index (χ3n) is 6.48. The molecule has 0 aliphatic carbocycles. The highest BCUT2D eigenvalue weighted by Crippen LogP contribution is 2.37. The summed E-state index contributed by atoms with van der Waals surface area (Å²) >= 11 is 0. The highest BCUT2D eigenvalue weighted by Gasteiger charge is 2.46. The second-order valence-electron chi connectivity index (χ2n) is 8.75. The van der Waals surface area contributed by atoms with Crippen molar-refractivity contribution < 1.29 is 36.6 Å². The highest BCUT2D eigenvalue weighted by atomic mass is 19.3. The molecule has 2 aromatic carbocycles. The number of benzene rings is 2. The van der Waals surface area contributed by atoms with Gasteiger partial charge < -0.3 is 19.7 Å². The van der Waals surface area contributed by atoms with E-state index in [-0.39, 0.29) is 23.6 Å². The summed E-state index contributed by atoms with van der Waals surface area (Å²) < 4.78 is 66.2. The maximum Gasteiger partial charge on any atom is 0.387 e. The summed E-state index contributed by atoms with van der Waals surface area (Å²) in [6.07, 6.45) is 1.70. The van der Waals surface area contributed by atoms with Gasteiger partial charge in [-0.2, -0.15) is 8.78 Å². The number of amides is 2. The quantitative estimate of drug-likeness (QED) is 0.356. The van der Waals surface area contributed by atoms with E-state index < -0.39 is 47.6 Å². The molecule has 39 heavy (non-hydrogen) atoms. The number of nitrogens with one attached hydrogen (secondary N) is 1. The Morgan fingerprint density at radius 2 is 1.77 bits per heavy atom. The van der Waals surface area contributed by atoms with Gasteiger partial charge in [0.25, 0.3) is 5.91 Å². The van der Waals surface area contributed by atoms with Crippen molar-refractivity contribution in [2.45, 2.75) is 25.5 Å². The van der Waals surface area contributed by atoms with Crippen LogP contribution in [0.2, 0.25) is 0 Å². The zero-order valence-corrected chi connectivity index (χ0v) is 20.6. The van der Waals surface area contributed by atoms with E-state index in [9.17, 15) is 18.4 Å². The van der Waals surface area contributed by atoms with E-state index in [2.05, 4.69) is 20.3 Å². The topological polar surface area (TPSA) is 98.1 Å². The van der Waals surface area contributed by atoms with E-state index >= 15 is 8.78 Å². The molecule has 0 spiro atoms. The minimum absolute atomic E-state index is 0.0208. The molecule has 3 heterocycles. The first kappa shape index (κ1) is 25.9. The van der Waals surface area contributed by atoms with E-state index in [0.717, 1.165) is 12.1 Å². The van der Waals surface area contributed by atoms with Crippen LogP contribution in [-0.4, -0.2) is 52.7 Å². The van der Waals surface area contributed by atoms with Crippen LogP contribution < -0.4 is 19.7 Å². The third kappa shape index (κ3) is 4.82. The van der Waals surface area contributed by atoms with Crippen molar-refractivity contribution in [2.75, 3.05) is 18.6 Å². The van der Waals surface area contributed by atoms with Gasteiger partial charge in [0, 0.05) is 41.9 Å². The normalized spacial score (nSPS) is 17.2. The zero-order chi connectivity index (χ0) is 27.8. The number of methoxy groups -OCH3 is 1. The van der Waals surface area contributed by atoms with E-state index in [0.29, 0.717) is 17.2 Å². The maximum atomic E-state index is 15.2. The first-order valence-electron chi connectivity index (χ1n) is 11.7. The Kier molecular flexibility index (Phi) is 6.81. The Balaban J connectivity index is 1.53. The number of halogens is 4. The second kappa shape index (κ2) is 10.2. The molecular formula is C26H21F4N5O4. The smallest absolute Gasteiger partial charge is 0.387 e. The van der Waals surface area contributed by atoms with Crippen LogP contribution in [0.5, 0.6) is 11.5 Å². The predicted octanol–water partition coefficient (Wildman–Crippen LogP) is 3.85. The summed E-state index contributed by atoms with van der Waals surface area (Å²) in [5.74, 6) is -4.08. The van der Waals surface area contributed by atoms with Crippen LogP contribution in [0.1, 0.15) is 27.7 Å². The lowest BCUT2D eigenvalue weighted by atomic mass is 9.92. The number of fused-ring (bicyclic) bond motifs is 1. The Morgan fingerprint density at radius 1 is 1.08 bits per heavy atom. The highest BCUT2D eigenvalue weighted by molar-refractivity contribution is 6.06. The molecule has 1 N–H and O–H groups in total. The molecular weight excluding hydrogens is 522 g/mol. The van der Waals surface area contributed by atoms with Crippen LogP contribution in [-0.2, 0) is 4.79 Å². The zero-order valence-electron chi connectivity index (χ0n) is 20.6. The van der Waals surface area contributed by atoms with Crippen LogP contribution >= 0.6 is 0 Å². The summed E-state index contributed by atoms with van der Waals surface area (Å²) in [5.41, 5.74) is 0.307. The van der Waals surface area contributed by atoms with Crippen LogP contribution in [0, 0.1) is 18.6 Å². The second-order valence-corrected chi connectivity index (χ2v) is 8.75. The van der Waals surface area contributed by atoms with Gasteiger partial charge in [0.2, 0.25) is 5.91 Å². The molecule has 1 aliphatic rings. The summed E-state index contributed by atoms with van der Waals surface area (Å²) in [6.45, 7) is -1.50. The van der Waals surface area contributed by atoms with E-state index in [1.54, 1.807) is 29.7 Å². The van der Waals surface area contributed by atoms with Crippen molar-refractivity contribution in [3.8, 4) is 11.5 Å². The van der Waals surface area contributed by atoms with Gasteiger partial charge in [-0.3, -0.25) is 14.0 Å². The van der Waals surface area contributed by atoms with Gasteiger partial charge in [-0.1, -0.05) is 0 Å². The Hall–Kier alpha value is -4.68. The van der Waals surface area contributed by atoms with Gasteiger partial charge in [-0.05, 0) is 43.3 Å². The molecule has 2 amide bonds. The maximum absolute atomic E-state index is 15.2. The molecule has 2 aromatic heterocycles. The van der Waals surface area contributed by atoms with Crippen molar-refractivity contribution in [3.63, 3.8) is 0 Å². The van der Waals surface area contributed by atoms with Gasteiger partial charge >= 0.3 is 6.61 Å². The summed E-state index contributed by atoms with van der Waals surface area (Å²) in [5, 5.41) is 10.7. The molecule has 9 nitrogen and oxygen atoms in total. The Bertz CT molecular complexity index is 1540. The fourth-order valence-corrected chi connectivity index (χ4v) is 4.64. The van der Waals surface area contributed by atoms with Gasteiger partial charge in [0.1, 0.15) is 35.0 Å². The Labute approximate surface area is 219 Å². The molecule has 0 radical (unpaired) electrons. The number of carbonyl (C=O) groups excluding carboxylic acids is 2. The van der Waals surface area contributed by atoms with Gasteiger partial charge in [0.15, 0.2) is 5.65 Å². The van der Waals surface area contributed by atoms with Gasteiger partial charge in [-0.25, -0.2) is 8.78 Å². The number of rotatable bonds is 7. The van der Waals surface area contributed by atoms with Crippen LogP contribution in [0.3, 0.4) is 0 Å². The first-order chi connectivity index (χ1) is 18.7. The van der Waals surface area contributed by atoms with E-state index in [1.165, 1.54) is 36.3 Å². The van der Waals surface area contributed by atoms with E-state index in [4.69, 9.17) is 4.74 Å². The molecule has 1 saturated heterocycles. The van der Waals surface area contributed by atoms with Gasteiger partial charge in [0.05, 0.1) is 12.8 Å². The number of ether oxygens (including phenoxy) is 2. The largest absolute Gasteiger partial charge is 0.497 e. The predicted molar refractivity (Wildman–Crippen MR) is 130 cm³/mol. The monoisotopic (exact) mass is 543 g/mol. The summed E-state index contributed by atoms with van der Waals surface area (Å²) in [4.78, 5) is 28.1. The van der Waals surface area contributed by atoms with E-state index in [1.807, 2.05) is 0 Å². The minimum Gasteiger partial charge on any atom is -0.497 e. The molecule has 13 heteroatoms. The lowest BCUT2D eigenvalue weighted by Crippen LogP contribution is -2.44. The SMILES string of the molecule is COc1cc(F)c([C@@H]2CN(c3cccn4c(C)nnc34)C(=O)[C@H]2NC(=O)c2ccc(OC(F)F)cc2)c(F)c1. The number of aryl methyl sites for hydroxylation is 1. The minimum atomic E-state index is -3.04. The van der Waals surface area contributed by atoms with Crippen LogP contribution in [0.25, 0.3) is 5.65 Å². The fourth-order valence-electron chi connectivity index (χ4n) is 4.64. The third-order valence-corrected chi connectivity index (χ3v) is 6.48. The summed E-state index contributed by atoms with van der Waals surface area (Å²) in [7, 11) is 1.26. The molecule has 0 saturated carbocycles. The molecule has 202 valence electrons. The molecule has 2 atom stereocenters. The van der Waals surface area contributed by atoms with Crippen molar-refractivity contribution in [2.24, 2.45) is 0 Å². The number of hydrogen-bond acceptors (Lipinski definition) is 6. The number of hydrogen-bond donors (Lipinski definition) is 1. The molecule has 4 aromatic rings. The molecule has 5 rings (SSSR count). The molecule has 1 aliphatic heterocycles. The van der Waals surface area contributed by atoms with Gasteiger partial charge in [-0.15, -0.1) is 10.2 Å². The fraction of sp³-hybridized carbons (Fsp3) is 0.231.